The van der Waals surface area contributed by atoms with Gasteiger partial charge in [-0.1, -0.05) is 12.1 Å². The molecule has 0 aromatic heterocycles. The molecule has 2 rings (SSSR count). The Kier molecular flexibility index (Phi) is 2.22. The van der Waals surface area contributed by atoms with Gasteiger partial charge >= 0.3 is 0 Å². The highest BCUT2D eigenvalue weighted by atomic mass is 32.2. The van der Waals surface area contributed by atoms with Gasteiger partial charge in [0.2, 0.25) is 0 Å². The third kappa shape index (κ3) is 1.42. The lowest BCUT2D eigenvalue weighted by atomic mass is 10.0. The molecule has 0 aliphatic carbocycles. The van der Waals surface area contributed by atoms with Crippen molar-refractivity contribution in [3.63, 3.8) is 0 Å². The lowest BCUT2D eigenvalue weighted by molar-refractivity contribution is 0.616. The Bertz CT molecular complexity index is 363. The van der Waals surface area contributed by atoms with E-state index in [2.05, 4.69) is 5.10 Å². The number of hydrogen-bond acceptors (Lipinski definition) is 3. The highest BCUT2D eigenvalue weighted by Gasteiger charge is 2.18. The normalized spacial score (nSPS) is 18.7. The molecule has 0 unspecified atom stereocenters. The molecule has 0 fully saturated rings. The lowest BCUT2D eigenvalue weighted by Gasteiger charge is -2.16. The average Bonchev–Trinajstić information content (AvgIpc) is 2.18. The summed E-state index contributed by atoms with van der Waals surface area (Å²) in [4.78, 5) is 0. The van der Waals surface area contributed by atoms with Crippen LogP contribution in [0.15, 0.2) is 23.3 Å². The first kappa shape index (κ1) is 8.56. The van der Waals surface area contributed by atoms with Crippen LogP contribution in [0.3, 0.4) is 0 Å². The first-order chi connectivity index (χ1) is 6.33. The summed E-state index contributed by atoms with van der Waals surface area (Å²) in [5, 5.41) is 3.66. The fraction of sp³-hybridized carbons (Fsp3) is 0.222. The van der Waals surface area contributed by atoms with E-state index in [1.165, 1.54) is 6.07 Å². The topological polar surface area (TPSA) is 38.4 Å². The van der Waals surface area contributed by atoms with Crippen molar-refractivity contribution in [1.29, 1.82) is 0 Å². The zero-order valence-corrected chi connectivity index (χ0v) is 7.77. The van der Waals surface area contributed by atoms with Crippen molar-refractivity contribution in [3.8, 4) is 0 Å². The van der Waals surface area contributed by atoms with Gasteiger partial charge in [0.15, 0.2) is 0 Å². The quantitative estimate of drug-likeness (QED) is 0.507. The predicted octanol–water partition coefficient (Wildman–Crippen LogP) is 1.74. The molecule has 2 N–H and O–H groups in total. The summed E-state index contributed by atoms with van der Waals surface area (Å²) in [6.45, 7) is 0. The summed E-state index contributed by atoms with van der Waals surface area (Å²) >= 11 is 1.63. The van der Waals surface area contributed by atoms with Gasteiger partial charge in [-0.05, 0) is 6.07 Å². The number of benzene rings is 1. The third-order valence-corrected chi connectivity index (χ3v) is 3.04. The first-order valence-corrected chi connectivity index (χ1v) is 5.10. The molecule has 2 nitrogen and oxygen atoms in total. The Morgan fingerprint density at radius 1 is 1.38 bits per heavy atom. The molecule has 1 aromatic carbocycles. The van der Waals surface area contributed by atoms with Crippen molar-refractivity contribution in [2.75, 3.05) is 5.75 Å². The predicted molar refractivity (Wildman–Crippen MR) is 53.3 cm³/mol. The van der Waals surface area contributed by atoms with Crippen molar-refractivity contribution >= 4 is 17.5 Å². The van der Waals surface area contributed by atoms with Crippen LogP contribution in [-0.2, 0) is 5.75 Å². The van der Waals surface area contributed by atoms with Crippen molar-refractivity contribution < 1.29 is 4.39 Å². The minimum Gasteiger partial charge on any atom is -0.323 e. The Morgan fingerprint density at radius 3 is 3.00 bits per heavy atom. The highest BCUT2D eigenvalue weighted by molar-refractivity contribution is 7.99. The Morgan fingerprint density at radius 2 is 2.23 bits per heavy atom. The fourth-order valence-electron chi connectivity index (χ4n) is 1.41. The maximum atomic E-state index is 13.3. The molecule has 0 atom stereocenters. The average molecular weight is 196 g/mol. The van der Waals surface area contributed by atoms with Gasteiger partial charge in [0, 0.05) is 22.6 Å². The van der Waals surface area contributed by atoms with E-state index in [0.29, 0.717) is 5.75 Å². The maximum Gasteiger partial charge on any atom is 0.127 e. The third-order valence-electron chi connectivity index (χ3n) is 2.07. The number of rotatable bonds is 0. The molecule has 0 saturated carbocycles. The molecule has 13 heavy (non-hydrogen) atoms. The van der Waals surface area contributed by atoms with E-state index in [-0.39, 0.29) is 5.82 Å². The molecule has 4 heteroatoms. The summed E-state index contributed by atoms with van der Waals surface area (Å²) < 4.78 is 13.3. The summed E-state index contributed by atoms with van der Waals surface area (Å²) in [6, 6.07) is 5.03. The van der Waals surface area contributed by atoms with Crippen LogP contribution in [0.1, 0.15) is 11.1 Å². The van der Waals surface area contributed by atoms with E-state index in [1.54, 1.807) is 17.8 Å². The number of fused-ring (bicyclic) bond motifs is 1. The Labute approximate surface area is 80.0 Å². The molecule has 68 valence electrons. The van der Waals surface area contributed by atoms with Crippen molar-refractivity contribution in [2.24, 2.45) is 10.9 Å². The second kappa shape index (κ2) is 3.38. The van der Waals surface area contributed by atoms with Crippen LogP contribution < -0.4 is 5.84 Å². The van der Waals surface area contributed by atoms with Crippen molar-refractivity contribution in [1.82, 2.24) is 0 Å². The Balaban J connectivity index is 2.58. The van der Waals surface area contributed by atoms with E-state index >= 15 is 0 Å². The summed E-state index contributed by atoms with van der Waals surface area (Å²) in [7, 11) is 0. The van der Waals surface area contributed by atoms with Gasteiger partial charge in [0.05, 0.1) is 5.71 Å². The van der Waals surface area contributed by atoms with Gasteiger partial charge in [0.25, 0.3) is 0 Å². The molecular formula is C9H9FN2S. The van der Waals surface area contributed by atoms with E-state index < -0.39 is 0 Å². The molecule has 1 heterocycles. The van der Waals surface area contributed by atoms with Gasteiger partial charge < -0.3 is 5.84 Å². The standard InChI is InChI=1S/C9H9FN2S/c10-8-3-1-2-6-7(8)4-13-5-9(6)12-11/h1-3H,4-5,11H2/b12-9-. The molecule has 0 spiro atoms. The minimum absolute atomic E-state index is 0.161. The summed E-state index contributed by atoms with van der Waals surface area (Å²) in [5.74, 6) is 6.54. The zero-order valence-electron chi connectivity index (χ0n) is 6.96. The second-order valence-corrected chi connectivity index (χ2v) is 3.82. The number of hydrogen-bond donors (Lipinski definition) is 1. The number of halogens is 1. The molecule has 0 amide bonds. The number of nitrogens with zero attached hydrogens (tertiary/aromatic N) is 1. The summed E-state index contributed by atoms with van der Waals surface area (Å²) in [6.07, 6.45) is 0. The molecule has 1 aliphatic rings. The van der Waals surface area contributed by atoms with E-state index in [1.807, 2.05) is 6.07 Å². The maximum absolute atomic E-state index is 13.3. The van der Waals surface area contributed by atoms with Crippen molar-refractivity contribution in [3.05, 3.63) is 35.1 Å². The minimum atomic E-state index is -0.161. The first-order valence-electron chi connectivity index (χ1n) is 3.95. The number of hydrazone groups is 1. The van der Waals surface area contributed by atoms with Crippen LogP contribution in [0.4, 0.5) is 4.39 Å². The largest absolute Gasteiger partial charge is 0.323 e. The zero-order chi connectivity index (χ0) is 9.26. The molecule has 1 aromatic rings. The number of nitrogens with two attached hydrogens (primary N) is 1. The molecular weight excluding hydrogens is 187 g/mol. The molecule has 0 saturated heterocycles. The van der Waals surface area contributed by atoms with E-state index in [9.17, 15) is 4.39 Å². The van der Waals surface area contributed by atoms with Crippen LogP contribution in [0, 0.1) is 5.82 Å². The Hall–Kier alpha value is -1.03. The van der Waals surface area contributed by atoms with Crippen LogP contribution in [-0.4, -0.2) is 11.5 Å². The van der Waals surface area contributed by atoms with Gasteiger partial charge in [-0.2, -0.15) is 16.9 Å². The number of thioether (sulfide) groups is 1. The molecule has 0 bridgehead atoms. The van der Waals surface area contributed by atoms with Gasteiger partial charge in [-0.15, -0.1) is 0 Å². The second-order valence-electron chi connectivity index (χ2n) is 2.83. The lowest BCUT2D eigenvalue weighted by Crippen LogP contribution is -2.16. The van der Waals surface area contributed by atoms with Crippen LogP contribution >= 0.6 is 11.8 Å². The van der Waals surface area contributed by atoms with Gasteiger partial charge in [-0.25, -0.2) is 4.39 Å². The van der Waals surface area contributed by atoms with Crippen molar-refractivity contribution in [2.45, 2.75) is 5.75 Å². The van der Waals surface area contributed by atoms with Crippen LogP contribution in [0.5, 0.6) is 0 Å². The fourth-order valence-corrected chi connectivity index (χ4v) is 2.43. The van der Waals surface area contributed by atoms with Crippen LogP contribution in [0.2, 0.25) is 0 Å². The molecule has 0 radical (unpaired) electrons. The monoisotopic (exact) mass is 196 g/mol. The van der Waals surface area contributed by atoms with Crippen LogP contribution in [0.25, 0.3) is 0 Å². The molecule has 1 aliphatic heterocycles. The summed E-state index contributed by atoms with van der Waals surface area (Å²) in [5.41, 5.74) is 2.37. The smallest absolute Gasteiger partial charge is 0.127 e. The SMILES string of the molecule is N/N=C1/CSCc2c(F)cccc21. The van der Waals surface area contributed by atoms with Gasteiger partial charge in [0.1, 0.15) is 5.82 Å². The van der Waals surface area contributed by atoms with E-state index in [0.717, 1.165) is 22.6 Å². The highest BCUT2D eigenvalue weighted by Crippen LogP contribution is 2.26. The van der Waals surface area contributed by atoms with Gasteiger partial charge in [-0.3, -0.25) is 0 Å². The van der Waals surface area contributed by atoms with E-state index in [4.69, 9.17) is 5.84 Å².